The molecule has 1 heterocycles. The van der Waals surface area contributed by atoms with Gasteiger partial charge in [0.1, 0.15) is 0 Å². The Labute approximate surface area is 159 Å². The fraction of sp³-hybridized carbons (Fsp3) is 0.438. The van der Waals surface area contributed by atoms with E-state index < -0.39 is 0 Å². The summed E-state index contributed by atoms with van der Waals surface area (Å²) in [5.74, 6) is 0.503. The maximum absolute atomic E-state index is 12.4. The lowest BCUT2D eigenvalue weighted by Gasteiger charge is -2.30. The number of carbonyl (C=O) groups is 1. The van der Waals surface area contributed by atoms with Gasteiger partial charge in [-0.05, 0) is 45.9 Å². The lowest BCUT2D eigenvalue weighted by Crippen LogP contribution is -2.43. The molecule has 0 unspecified atom stereocenters. The number of hydrogen-bond donors (Lipinski definition) is 1. The minimum Gasteiger partial charge on any atom is -0.337 e. The summed E-state index contributed by atoms with van der Waals surface area (Å²) in [5.41, 5.74) is 0.943. The number of anilines is 2. The first kappa shape index (κ1) is 19.2. The molecule has 0 spiro atoms. The minimum atomic E-state index is 0.127. The van der Waals surface area contributed by atoms with Gasteiger partial charge in [-0.3, -0.25) is 4.79 Å². The quantitative estimate of drug-likeness (QED) is 0.642. The van der Waals surface area contributed by atoms with Crippen molar-refractivity contribution in [2.75, 3.05) is 11.1 Å². The van der Waals surface area contributed by atoms with Gasteiger partial charge in [0.2, 0.25) is 11.0 Å². The van der Waals surface area contributed by atoms with E-state index >= 15 is 0 Å². The Kier molecular flexibility index (Phi) is 7.06. The van der Waals surface area contributed by atoms with Crippen molar-refractivity contribution in [3.8, 4) is 0 Å². The van der Waals surface area contributed by atoms with Crippen LogP contribution in [0, 0.1) is 0 Å². The number of halogens is 1. The van der Waals surface area contributed by atoms with E-state index in [0.29, 0.717) is 10.9 Å². The number of benzene rings is 1. The maximum atomic E-state index is 12.4. The summed E-state index contributed by atoms with van der Waals surface area (Å²) in [6.45, 7) is 8.14. The van der Waals surface area contributed by atoms with Crippen LogP contribution in [0.3, 0.4) is 0 Å². The van der Waals surface area contributed by atoms with Crippen LogP contribution in [0.5, 0.6) is 0 Å². The monoisotopic (exact) mass is 428 g/mol. The largest absolute Gasteiger partial charge is 0.337 e. The minimum absolute atomic E-state index is 0.127. The molecular weight excluding hydrogens is 408 g/mol. The van der Waals surface area contributed by atoms with E-state index in [2.05, 4.69) is 31.4 Å². The highest BCUT2D eigenvalue weighted by atomic mass is 79.9. The molecule has 0 aliphatic carbocycles. The van der Waals surface area contributed by atoms with Gasteiger partial charge in [0.25, 0.3) is 0 Å². The van der Waals surface area contributed by atoms with Crippen LogP contribution in [-0.4, -0.2) is 38.8 Å². The number of hydrogen-bond acceptors (Lipinski definition) is 6. The molecule has 130 valence electrons. The fourth-order valence-corrected chi connectivity index (χ4v) is 4.42. The van der Waals surface area contributed by atoms with Gasteiger partial charge >= 0.3 is 0 Å². The number of thioether (sulfide) groups is 1. The second-order valence-electron chi connectivity index (χ2n) is 5.79. The van der Waals surface area contributed by atoms with Crippen LogP contribution in [0.1, 0.15) is 27.7 Å². The highest BCUT2D eigenvalue weighted by Gasteiger charge is 2.20. The molecule has 0 saturated heterocycles. The van der Waals surface area contributed by atoms with Gasteiger partial charge in [0.15, 0.2) is 4.34 Å². The zero-order chi connectivity index (χ0) is 17.7. The van der Waals surface area contributed by atoms with Gasteiger partial charge < -0.3 is 10.2 Å². The van der Waals surface area contributed by atoms with Crippen molar-refractivity contribution in [1.82, 2.24) is 15.1 Å². The third-order valence-electron chi connectivity index (χ3n) is 3.20. The molecule has 1 amide bonds. The molecule has 5 nitrogen and oxygen atoms in total. The Hall–Kier alpha value is -1.12. The van der Waals surface area contributed by atoms with Crippen molar-refractivity contribution < 1.29 is 4.79 Å². The maximum Gasteiger partial charge on any atom is 0.233 e. The molecule has 1 aromatic heterocycles. The average molecular weight is 429 g/mol. The molecule has 0 aliphatic rings. The van der Waals surface area contributed by atoms with Gasteiger partial charge in [-0.1, -0.05) is 45.1 Å². The van der Waals surface area contributed by atoms with Crippen molar-refractivity contribution in [2.24, 2.45) is 0 Å². The van der Waals surface area contributed by atoms with E-state index in [1.807, 2.05) is 56.9 Å². The van der Waals surface area contributed by atoms with Crippen LogP contribution < -0.4 is 5.32 Å². The number of rotatable bonds is 7. The molecule has 1 aromatic carbocycles. The Balaban J connectivity index is 1.93. The molecule has 0 aliphatic heterocycles. The predicted octanol–water partition coefficient (Wildman–Crippen LogP) is 4.78. The molecule has 0 fully saturated rings. The zero-order valence-corrected chi connectivity index (χ0v) is 17.3. The molecule has 24 heavy (non-hydrogen) atoms. The average Bonchev–Trinajstić information content (AvgIpc) is 2.92. The van der Waals surface area contributed by atoms with Crippen LogP contribution in [0.4, 0.5) is 10.8 Å². The lowest BCUT2D eigenvalue weighted by atomic mass is 10.2. The lowest BCUT2D eigenvalue weighted by molar-refractivity contribution is -0.131. The van der Waals surface area contributed by atoms with E-state index in [0.717, 1.165) is 14.5 Å². The second-order valence-corrected chi connectivity index (χ2v) is 8.90. The van der Waals surface area contributed by atoms with E-state index in [1.165, 1.54) is 23.1 Å². The highest BCUT2D eigenvalue weighted by Crippen LogP contribution is 2.28. The van der Waals surface area contributed by atoms with Gasteiger partial charge in [0.05, 0.1) is 5.75 Å². The predicted molar refractivity (Wildman–Crippen MR) is 105 cm³/mol. The third kappa shape index (κ3) is 5.46. The van der Waals surface area contributed by atoms with E-state index in [-0.39, 0.29) is 18.0 Å². The van der Waals surface area contributed by atoms with Gasteiger partial charge in [0, 0.05) is 22.2 Å². The molecule has 2 aromatic rings. The van der Waals surface area contributed by atoms with Gasteiger partial charge in [-0.2, -0.15) is 0 Å². The molecule has 0 atom stereocenters. The van der Waals surface area contributed by atoms with Crippen molar-refractivity contribution in [3.63, 3.8) is 0 Å². The smallest absolute Gasteiger partial charge is 0.233 e. The molecule has 2 rings (SSSR count). The summed E-state index contributed by atoms with van der Waals surface area (Å²) in [6, 6.07) is 8.25. The summed E-state index contributed by atoms with van der Waals surface area (Å²) in [4.78, 5) is 14.3. The molecule has 8 heteroatoms. The number of nitrogens with zero attached hydrogens (tertiary/aromatic N) is 3. The summed E-state index contributed by atoms with van der Waals surface area (Å²) in [6.07, 6.45) is 0. The SMILES string of the molecule is CC(C)N(C(=O)CSc1nnc(Nc2cccc(Br)c2)s1)C(C)C. The van der Waals surface area contributed by atoms with Gasteiger partial charge in [-0.25, -0.2) is 0 Å². The number of aromatic nitrogens is 2. The summed E-state index contributed by atoms with van der Waals surface area (Å²) in [7, 11) is 0. The first-order chi connectivity index (χ1) is 11.4. The molecule has 1 N–H and O–H groups in total. The highest BCUT2D eigenvalue weighted by molar-refractivity contribution is 9.10. The second kappa shape index (κ2) is 8.82. The Bertz CT molecular complexity index is 682. The first-order valence-electron chi connectivity index (χ1n) is 7.67. The van der Waals surface area contributed by atoms with E-state index in [9.17, 15) is 4.79 Å². The van der Waals surface area contributed by atoms with Crippen LogP contribution >= 0.6 is 39.0 Å². The van der Waals surface area contributed by atoms with E-state index in [1.54, 1.807) is 0 Å². The molecular formula is C16H21BrN4OS2. The van der Waals surface area contributed by atoms with Crippen molar-refractivity contribution >= 4 is 55.8 Å². The fourth-order valence-electron chi connectivity index (χ4n) is 2.38. The van der Waals surface area contributed by atoms with Crippen LogP contribution in [0.15, 0.2) is 33.1 Å². The Morgan fingerprint density at radius 2 is 2.00 bits per heavy atom. The number of carbonyl (C=O) groups excluding carboxylic acids is 1. The van der Waals surface area contributed by atoms with Crippen LogP contribution in [-0.2, 0) is 4.79 Å². The Morgan fingerprint density at radius 3 is 2.62 bits per heavy atom. The van der Waals surface area contributed by atoms with Crippen LogP contribution in [0.25, 0.3) is 0 Å². The van der Waals surface area contributed by atoms with Gasteiger partial charge in [-0.15, -0.1) is 10.2 Å². The molecule has 0 bridgehead atoms. The van der Waals surface area contributed by atoms with Crippen molar-refractivity contribution in [3.05, 3.63) is 28.7 Å². The van der Waals surface area contributed by atoms with Crippen LogP contribution in [0.2, 0.25) is 0 Å². The summed E-state index contributed by atoms with van der Waals surface area (Å²) < 4.78 is 1.79. The van der Waals surface area contributed by atoms with E-state index in [4.69, 9.17) is 0 Å². The van der Waals surface area contributed by atoms with Crippen molar-refractivity contribution in [2.45, 2.75) is 44.1 Å². The summed E-state index contributed by atoms with van der Waals surface area (Å²) >= 11 is 6.32. The number of amides is 1. The molecule has 0 radical (unpaired) electrons. The normalized spacial score (nSPS) is 11.1. The zero-order valence-electron chi connectivity index (χ0n) is 14.1. The Morgan fingerprint density at radius 1 is 1.29 bits per heavy atom. The topological polar surface area (TPSA) is 58.1 Å². The molecule has 0 saturated carbocycles. The first-order valence-corrected chi connectivity index (χ1v) is 10.3. The van der Waals surface area contributed by atoms with Crippen molar-refractivity contribution in [1.29, 1.82) is 0 Å². The number of nitrogens with one attached hydrogen (secondary N) is 1. The standard InChI is InChI=1S/C16H21BrN4OS2/c1-10(2)21(11(3)4)14(22)9-23-16-20-19-15(24-16)18-13-7-5-6-12(17)8-13/h5-8,10-11H,9H2,1-4H3,(H,18,19). The summed E-state index contributed by atoms with van der Waals surface area (Å²) in [5, 5.41) is 12.2. The third-order valence-corrected chi connectivity index (χ3v) is 5.65.